The number of aliphatic hydroxyl groups excluding tert-OH is 1. The zero-order chi connectivity index (χ0) is 36.0. The van der Waals surface area contributed by atoms with Crippen molar-refractivity contribution in [1.82, 2.24) is 20.3 Å². The lowest BCUT2D eigenvalue weighted by Crippen LogP contribution is -2.59. The van der Waals surface area contributed by atoms with E-state index in [1.807, 2.05) is 65.0 Å². The molecule has 1 aliphatic rings. The van der Waals surface area contributed by atoms with E-state index >= 15 is 0 Å². The number of nitrogen functional groups attached to an aromatic ring is 1. The van der Waals surface area contributed by atoms with Crippen LogP contribution in [0.2, 0.25) is 0 Å². The van der Waals surface area contributed by atoms with Crippen molar-refractivity contribution < 1.29 is 27.5 Å². The highest BCUT2D eigenvalue weighted by molar-refractivity contribution is 7.89. The number of hydrogen-bond donors (Lipinski definition) is 5. The van der Waals surface area contributed by atoms with Crippen LogP contribution in [-0.4, -0.2) is 67.5 Å². The maximum Gasteiger partial charge on any atom is 0.243 e. The number of carbonyl (C=O) groups excluding carboxylic acids is 2. The molecule has 0 bridgehead atoms. The molecule has 12 heteroatoms. The van der Waals surface area contributed by atoms with Crippen molar-refractivity contribution in [3.63, 3.8) is 0 Å². The number of amides is 2. The molecule has 0 radical (unpaired) electrons. The number of nitrogens with one attached hydrogen (secondary N) is 3. The summed E-state index contributed by atoms with van der Waals surface area (Å²) in [5.74, 6) is -1.27. The highest BCUT2D eigenvalue weighted by atomic mass is 32.2. The summed E-state index contributed by atoms with van der Waals surface area (Å²) in [6, 6.07) is 19.5. The number of rotatable bonds is 16. The number of halogens is 1. The summed E-state index contributed by atoms with van der Waals surface area (Å²) in [5.41, 5.74) is 6.82. The van der Waals surface area contributed by atoms with Crippen LogP contribution in [0.3, 0.4) is 0 Å². The number of nitrogens with zero attached hydrogens (tertiary/aromatic N) is 1. The van der Waals surface area contributed by atoms with E-state index in [4.69, 9.17) is 5.73 Å². The minimum atomic E-state index is -4.01. The van der Waals surface area contributed by atoms with Crippen LogP contribution >= 0.6 is 0 Å². The van der Waals surface area contributed by atoms with Crippen molar-refractivity contribution in [2.24, 2.45) is 11.3 Å². The molecular weight excluding hydrogens is 646 g/mol. The zero-order valence-corrected chi connectivity index (χ0v) is 29.8. The van der Waals surface area contributed by atoms with Crippen LogP contribution in [0.25, 0.3) is 0 Å². The first-order valence-corrected chi connectivity index (χ1v) is 18.1. The number of carbonyl (C=O) groups is 2. The third-order valence-corrected chi connectivity index (χ3v) is 10.6. The molecule has 0 heterocycles. The second-order valence-electron chi connectivity index (χ2n) is 14.5. The molecule has 0 aromatic heterocycles. The highest BCUT2D eigenvalue weighted by Gasteiger charge is 2.44. The van der Waals surface area contributed by atoms with Gasteiger partial charge in [-0.2, -0.15) is 4.31 Å². The molecule has 3 atom stereocenters. The number of anilines is 1. The summed E-state index contributed by atoms with van der Waals surface area (Å²) in [6.07, 6.45) is 0.527. The Kier molecular flexibility index (Phi) is 12.2. The molecule has 0 spiro atoms. The van der Waals surface area contributed by atoms with Gasteiger partial charge in [0, 0.05) is 24.3 Å². The molecular formula is C37H50FN5O5S. The van der Waals surface area contributed by atoms with E-state index in [-0.39, 0.29) is 48.6 Å². The molecule has 4 rings (SSSR count). The Labute approximate surface area is 289 Å². The number of hydrogen-bond acceptors (Lipinski definition) is 7. The first-order chi connectivity index (χ1) is 23.0. The summed E-state index contributed by atoms with van der Waals surface area (Å²) in [5, 5.41) is 20.8. The molecule has 6 N–H and O–H groups in total. The van der Waals surface area contributed by atoms with E-state index < -0.39 is 45.1 Å². The van der Waals surface area contributed by atoms with Gasteiger partial charge in [0.1, 0.15) is 11.9 Å². The molecule has 0 aliphatic heterocycles. The summed E-state index contributed by atoms with van der Waals surface area (Å²) in [6.45, 7) is 9.08. The van der Waals surface area contributed by atoms with Crippen molar-refractivity contribution >= 4 is 27.5 Å². The van der Waals surface area contributed by atoms with E-state index in [0.717, 1.165) is 24.0 Å². The Morgan fingerprint density at radius 2 is 1.55 bits per heavy atom. The topological polar surface area (TPSA) is 154 Å². The van der Waals surface area contributed by atoms with Crippen molar-refractivity contribution in [3.8, 4) is 0 Å². The lowest BCUT2D eigenvalue weighted by molar-refractivity contribution is -0.132. The Morgan fingerprint density at radius 3 is 2.10 bits per heavy atom. The van der Waals surface area contributed by atoms with Crippen molar-refractivity contribution in [3.05, 3.63) is 95.8 Å². The Hall–Kier alpha value is -3.84. The molecule has 0 unspecified atom stereocenters. The largest absolute Gasteiger partial charge is 0.399 e. The van der Waals surface area contributed by atoms with Crippen LogP contribution in [0.1, 0.15) is 58.6 Å². The molecule has 1 fully saturated rings. The van der Waals surface area contributed by atoms with Crippen molar-refractivity contribution in [1.29, 1.82) is 0 Å². The zero-order valence-electron chi connectivity index (χ0n) is 28.9. The molecule has 10 nitrogen and oxygen atoms in total. The van der Waals surface area contributed by atoms with Crippen LogP contribution < -0.4 is 21.7 Å². The molecule has 3 aromatic rings. The second-order valence-corrected chi connectivity index (χ2v) is 16.4. The molecule has 266 valence electrons. The van der Waals surface area contributed by atoms with Crippen LogP contribution in [0, 0.1) is 17.2 Å². The summed E-state index contributed by atoms with van der Waals surface area (Å²) in [7, 11) is -4.01. The van der Waals surface area contributed by atoms with E-state index in [9.17, 15) is 27.5 Å². The predicted octanol–water partition coefficient (Wildman–Crippen LogP) is 3.95. The highest BCUT2D eigenvalue weighted by Crippen LogP contribution is 2.45. The first kappa shape index (κ1) is 38.0. The summed E-state index contributed by atoms with van der Waals surface area (Å²) >= 11 is 0. The lowest BCUT2D eigenvalue weighted by atomic mass is 9.85. The monoisotopic (exact) mass is 695 g/mol. The van der Waals surface area contributed by atoms with Crippen LogP contribution in [0.4, 0.5) is 10.1 Å². The standard InChI is InChI=1S/C37H50FN5O5S/c1-25(2)23-43(49(47,48)30-17-15-29(39)16-18-30)24-32(44)31(21-26-9-7-6-8-10-26)41-35(46)34(36(3,4)5)42-33(45)22-40-37(19-20-37)27-11-13-28(38)14-12-27/h6-18,25,31-32,34,40,44H,19-24,39H2,1-5H3,(H,41,46)(H,42,45)/t31-,32+,34+/m0/s1. The molecule has 1 aliphatic carbocycles. The lowest BCUT2D eigenvalue weighted by Gasteiger charge is -2.34. The molecule has 2 amide bonds. The van der Waals surface area contributed by atoms with E-state index in [2.05, 4.69) is 16.0 Å². The van der Waals surface area contributed by atoms with Crippen LogP contribution in [0.15, 0.2) is 83.8 Å². The van der Waals surface area contributed by atoms with Crippen molar-refractivity contribution in [2.75, 3.05) is 25.4 Å². The van der Waals surface area contributed by atoms with E-state index in [0.29, 0.717) is 5.69 Å². The van der Waals surface area contributed by atoms with Gasteiger partial charge in [-0.1, -0.05) is 77.1 Å². The Morgan fingerprint density at radius 1 is 0.939 bits per heavy atom. The van der Waals surface area contributed by atoms with Gasteiger partial charge in [0.15, 0.2) is 0 Å². The second kappa shape index (κ2) is 15.8. The average Bonchev–Trinajstić information content (AvgIpc) is 3.83. The number of benzene rings is 3. The Balaban J connectivity index is 1.52. The number of nitrogens with two attached hydrogens (primary N) is 1. The maximum atomic E-state index is 14.0. The molecule has 0 saturated heterocycles. The number of aliphatic hydroxyl groups is 1. The van der Waals surface area contributed by atoms with Gasteiger partial charge >= 0.3 is 0 Å². The fraction of sp³-hybridized carbons (Fsp3) is 0.459. The molecule has 1 saturated carbocycles. The fourth-order valence-corrected chi connectivity index (χ4v) is 7.44. The number of sulfonamides is 1. The normalized spacial score (nSPS) is 16.2. The van der Waals surface area contributed by atoms with E-state index in [1.165, 1.54) is 40.7 Å². The van der Waals surface area contributed by atoms with Gasteiger partial charge in [-0.15, -0.1) is 0 Å². The van der Waals surface area contributed by atoms with Gasteiger partial charge in [-0.05, 0) is 78.1 Å². The SMILES string of the molecule is CC(C)CN(C[C@@H](O)[C@H](Cc1ccccc1)NC(=O)[C@@H](NC(=O)CNC1(c2ccc(F)cc2)CC1)C(C)(C)C)S(=O)(=O)c1ccc(N)cc1. The van der Waals surface area contributed by atoms with Gasteiger partial charge in [-0.3, -0.25) is 14.9 Å². The minimum Gasteiger partial charge on any atom is -0.399 e. The van der Waals surface area contributed by atoms with Gasteiger partial charge in [-0.25, -0.2) is 12.8 Å². The van der Waals surface area contributed by atoms with Crippen LogP contribution in [-0.2, 0) is 31.6 Å². The summed E-state index contributed by atoms with van der Waals surface area (Å²) in [4.78, 5) is 27.3. The molecule has 3 aromatic carbocycles. The maximum absolute atomic E-state index is 14.0. The smallest absolute Gasteiger partial charge is 0.243 e. The quantitative estimate of drug-likeness (QED) is 0.142. The molecule has 49 heavy (non-hydrogen) atoms. The minimum absolute atomic E-state index is 0.0507. The van der Waals surface area contributed by atoms with Gasteiger partial charge < -0.3 is 21.5 Å². The first-order valence-electron chi connectivity index (χ1n) is 16.7. The average molecular weight is 696 g/mol. The third-order valence-electron chi connectivity index (χ3n) is 8.74. The fourth-order valence-electron chi connectivity index (χ4n) is 5.82. The van der Waals surface area contributed by atoms with Crippen LogP contribution in [0.5, 0.6) is 0 Å². The van der Waals surface area contributed by atoms with Gasteiger partial charge in [0.2, 0.25) is 21.8 Å². The van der Waals surface area contributed by atoms with Crippen molar-refractivity contribution in [2.45, 2.75) is 82.5 Å². The predicted molar refractivity (Wildman–Crippen MR) is 189 cm³/mol. The summed E-state index contributed by atoms with van der Waals surface area (Å²) < 4.78 is 42.2. The van der Waals surface area contributed by atoms with E-state index in [1.54, 1.807) is 12.1 Å². The van der Waals surface area contributed by atoms with Gasteiger partial charge in [0.05, 0.1) is 23.6 Å². The van der Waals surface area contributed by atoms with Gasteiger partial charge in [0.25, 0.3) is 0 Å². The third kappa shape index (κ3) is 10.3. The Bertz CT molecular complexity index is 1660.